The molecule has 0 saturated carbocycles. The van der Waals surface area contributed by atoms with E-state index in [0.717, 1.165) is 22.3 Å². The van der Waals surface area contributed by atoms with E-state index in [2.05, 4.69) is 20.5 Å². The number of hydrogen-bond acceptors (Lipinski definition) is 5. The number of rotatable bonds is 4. The van der Waals surface area contributed by atoms with E-state index in [1.54, 1.807) is 6.20 Å². The Morgan fingerprint density at radius 3 is 2.80 bits per heavy atom. The van der Waals surface area contributed by atoms with Gasteiger partial charge in [0.15, 0.2) is 0 Å². The van der Waals surface area contributed by atoms with E-state index in [4.69, 9.17) is 4.74 Å². The smallest absolute Gasteiger partial charge is 0.238 e. The number of pyridine rings is 1. The molecular formula is C15H14N4O. The van der Waals surface area contributed by atoms with E-state index in [9.17, 15) is 0 Å². The summed E-state index contributed by atoms with van der Waals surface area (Å²) in [6.07, 6.45) is 1.76. The standard InChI is InChI=1S/C15H14N4O/c1-16-10-11-7-8-15(19-18-11)20-14-6-2-5-13-12(14)4-3-9-17-13/h2-9,16H,10H2,1H3. The maximum Gasteiger partial charge on any atom is 0.238 e. The summed E-state index contributed by atoms with van der Waals surface area (Å²) in [6.45, 7) is 0.686. The van der Waals surface area contributed by atoms with Gasteiger partial charge in [0.05, 0.1) is 11.2 Å². The minimum atomic E-state index is 0.473. The lowest BCUT2D eigenvalue weighted by molar-refractivity contribution is 0.458. The Bertz CT molecular complexity index is 707. The number of ether oxygens (including phenoxy) is 1. The number of nitrogens with one attached hydrogen (secondary N) is 1. The highest BCUT2D eigenvalue weighted by Gasteiger charge is 2.05. The Labute approximate surface area is 116 Å². The van der Waals surface area contributed by atoms with Crippen LogP contribution in [-0.2, 0) is 6.54 Å². The lowest BCUT2D eigenvalue weighted by atomic mass is 10.2. The second-order valence-corrected chi connectivity index (χ2v) is 4.32. The third kappa shape index (κ3) is 2.57. The lowest BCUT2D eigenvalue weighted by Crippen LogP contribution is -2.07. The van der Waals surface area contributed by atoms with E-state index in [-0.39, 0.29) is 0 Å². The molecule has 1 N–H and O–H groups in total. The van der Waals surface area contributed by atoms with Crippen LogP contribution in [0.3, 0.4) is 0 Å². The maximum atomic E-state index is 5.79. The Morgan fingerprint density at radius 1 is 1.05 bits per heavy atom. The quantitative estimate of drug-likeness (QED) is 0.786. The minimum Gasteiger partial charge on any atom is -0.437 e. The van der Waals surface area contributed by atoms with Crippen molar-refractivity contribution in [1.82, 2.24) is 20.5 Å². The van der Waals surface area contributed by atoms with Crippen molar-refractivity contribution in [1.29, 1.82) is 0 Å². The van der Waals surface area contributed by atoms with Crippen molar-refractivity contribution in [3.63, 3.8) is 0 Å². The van der Waals surface area contributed by atoms with Gasteiger partial charge in [0, 0.05) is 24.2 Å². The van der Waals surface area contributed by atoms with Crippen molar-refractivity contribution in [3.8, 4) is 11.6 Å². The number of aromatic nitrogens is 3. The Balaban J connectivity index is 1.89. The van der Waals surface area contributed by atoms with Gasteiger partial charge in [0.25, 0.3) is 0 Å². The molecule has 20 heavy (non-hydrogen) atoms. The van der Waals surface area contributed by atoms with Crippen molar-refractivity contribution in [3.05, 3.63) is 54.4 Å². The summed E-state index contributed by atoms with van der Waals surface area (Å²) >= 11 is 0. The van der Waals surface area contributed by atoms with E-state index in [1.807, 2.05) is 49.5 Å². The van der Waals surface area contributed by atoms with Crippen LogP contribution in [0.25, 0.3) is 10.9 Å². The van der Waals surface area contributed by atoms with Gasteiger partial charge in [-0.25, -0.2) is 0 Å². The maximum absolute atomic E-state index is 5.79. The van der Waals surface area contributed by atoms with Crippen LogP contribution in [0.5, 0.6) is 11.6 Å². The first kappa shape index (κ1) is 12.5. The molecule has 0 unspecified atom stereocenters. The lowest BCUT2D eigenvalue weighted by Gasteiger charge is -2.07. The molecule has 0 radical (unpaired) electrons. The molecule has 0 aliphatic carbocycles. The Morgan fingerprint density at radius 2 is 2.00 bits per heavy atom. The van der Waals surface area contributed by atoms with Gasteiger partial charge in [-0.05, 0) is 37.4 Å². The Hall–Kier alpha value is -2.53. The zero-order valence-corrected chi connectivity index (χ0v) is 11.1. The van der Waals surface area contributed by atoms with Crippen molar-refractivity contribution < 1.29 is 4.74 Å². The van der Waals surface area contributed by atoms with Crippen LogP contribution in [0.4, 0.5) is 0 Å². The van der Waals surface area contributed by atoms with Crippen LogP contribution in [0, 0.1) is 0 Å². The summed E-state index contributed by atoms with van der Waals surface area (Å²) in [7, 11) is 1.87. The van der Waals surface area contributed by atoms with Gasteiger partial charge in [0.1, 0.15) is 5.75 Å². The fraction of sp³-hybridized carbons (Fsp3) is 0.133. The van der Waals surface area contributed by atoms with Crippen LogP contribution in [0.15, 0.2) is 48.7 Å². The normalized spacial score (nSPS) is 10.7. The molecule has 0 aliphatic heterocycles. The molecule has 0 fully saturated rings. The van der Waals surface area contributed by atoms with E-state index in [1.165, 1.54) is 0 Å². The predicted octanol–water partition coefficient (Wildman–Crippen LogP) is 2.54. The van der Waals surface area contributed by atoms with Crippen molar-refractivity contribution in [2.75, 3.05) is 7.05 Å². The van der Waals surface area contributed by atoms with Crippen LogP contribution >= 0.6 is 0 Å². The highest BCUT2D eigenvalue weighted by molar-refractivity contribution is 5.85. The summed E-state index contributed by atoms with van der Waals surface area (Å²) in [5.74, 6) is 1.20. The van der Waals surface area contributed by atoms with E-state index >= 15 is 0 Å². The Kier molecular flexibility index (Phi) is 3.52. The third-order valence-electron chi connectivity index (χ3n) is 2.87. The molecule has 2 heterocycles. The first-order chi connectivity index (χ1) is 9.86. The SMILES string of the molecule is CNCc1ccc(Oc2cccc3ncccc23)nn1. The summed E-state index contributed by atoms with van der Waals surface area (Å²) in [4.78, 5) is 4.30. The second-order valence-electron chi connectivity index (χ2n) is 4.32. The molecule has 5 nitrogen and oxygen atoms in total. The summed E-state index contributed by atoms with van der Waals surface area (Å²) in [6, 6.07) is 13.3. The van der Waals surface area contributed by atoms with Crippen molar-refractivity contribution >= 4 is 10.9 Å². The van der Waals surface area contributed by atoms with Gasteiger partial charge in [0.2, 0.25) is 5.88 Å². The topological polar surface area (TPSA) is 59.9 Å². The molecule has 0 atom stereocenters. The second kappa shape index (κ2) is 5.63. The van der Waals surface area contributed by atoms with Crippen LogP contribution in [-0.4, -0.2) is 22.2 Å². The largest absolute Gasteiger partial charge is 0.437 e. The summed E-state index contributed by atoms with van der Waals surface area (Å²) in [5, 5.41) is 12.1. The average molecular weight is 266 g/mol. The van der Waals surface area contributed by atoms with Gasteiger partial charge >= 0.3 is 0 Å². The molecule has 5 heteroatoms. The predicted molar refractivity (Wildman–Crippen MR) is 76.6 cm³/mol. The minimum absolute atomic E-state index is 0.473. The highest BCUT2D eigenvalue weighted by atomic mass is 16.5. The molecule has 3 aromatic rings. The van der Waals surface area contributed by atoms with Gasteiger partial charge in [-0.1, -0.05) is 6.07 Å². The third-order valence-corrected chi connectivity index (χ3v) is 2.87. The van der Waals surface area contributed by atoms with Gasteiger partial charge in [-0.15, -0.1) is 5.10 Å². The highest BCUT2D eigenvalue weighted by Crippen LogP contribution is 2.27. The van der Waals surface area contributed by atoms with E-state index < -0.39 is 0 Å². The fourth-order valence-electron chi connectivity index (χ4n) is 1.95. The summed E-state index contributed by atoms with van der Waals surface area (Å²) < 4.78 is 5.79. The fourth-order valence-corrected chi connectivity index (χ4v) is 1.95. The molecular weight excluding hydrogens is 252 g/mol. The van der Waals surface area contributed by atoms with Crippen molar-refractivity contribution in [2.45, 2.75) is 6.54 Å². The average Bonchev–Trinajstić information content (AvgIpc) is 2.50. The molecule has 100 valence electrons. The van der Waals surface area contributed by atoms with E-state index in [0.29, 0.717) is 12.4 Å². The molecule has 0 bridgehead atoms. The molecule has 0 saturated heterocycles. The molecule has 1 aromatic carbocycles. The molecule has 0 amide bonds. The number of nitrogens with zero attached hydrogens (tertiary/aromatic N) is 3. The molecule has 3 rings (SSSR count). The monoisotopic (exact) mass is 266 g/mol. The number of hydrogen-bond donors (Lipinski definition) is 1. The first-order valence-electron chi connectivity index (χ1n) is 6.35. The summed E-state index contributed by atoms with van der Waals surface area (Å²) in [5.41, 5.74) is 1.77. The van der Waals surface area contributed by atoms with Gasteiger partial charge in [-0.2, -0.15) is 5.10 Å². The van der Waals surface area contributed by atoms with Crippen LogP contribution < -0.4 is 10.1 Å². The van der Waals surface area contributed by atoms with Crippen LogP contribution in [0.2, 0.25) is 0 Å². The molecule has 0 spiro atoms. The number of fused-ring (bicyclic) bond motifs is 1. The zero-order valence-electron chi connectivity index (χ0n) is 11.1. The molecule has 0 aliphatic rings. The van der Waals surface area contributed by atoms with Crippen LogP contribution in [0.1, 0.15) is 5.69 Å². The van der Waals surface area contributed by atoms with Crippen molar-refractivity contribution in [2.24, 2.45) is 0 Å². The zero-order chi connectivity index (χ0) is 13.8. The first-order valence-corrected chi connectivity index (χ1v) is 6.35. The van der Waals surface area contributed by atoms with Gasteiger partial charge < -0.3 is 10.1 Å². The molecule has 2 aromatic heterocycles. The van der Waals surface area contributed by atoms with Gasteiger partial charge in [-0.3, -0.25) is 4.98 Å². The number of benzene rings is 1.